The topological polar surface area (TPSA) is 29.5 Å². The van der Waals surface area contributed by atoms with Crippen LogP contribution < -0.4 is 4.74 Å². The smallest absolute Gasteiger partial charge is 0.119 e. The average molecular weight is 220 g/mol. The number of hydrogen-bond donors (Lipinski definition) is 1. The van der Waals surface area contributed by atoms with E-state index in [4.69, 9.17) is 4.74 Å². The summed E-state index contributed by atoms with van der Waals surface area (Å²) in [4.78, 5) is 0. The molecule has 0 aromatic heterocycles. The normalized spacial score (nSPS) is 12.0. The largest absolute Gasteiger partial charge is 0.490 e. The number of aliphatic hydroxyl groups is 1. The van der Waals surface area contributed by atoms with E-state index in [-0.39, 0.29) is 6.10 Å². The maximum Gasteiger partial charge on any atom is 0.119 e. The lowest BCUT2D eigenvalue weighted by molar-refractivity contribution is 0.173. The Balaban J connectivity index is 2.54. The molecular weight excluding hydrogens is 200 g/mol. The highest BCUT2D eigenvalue weighted by molar-refractivity contribution is 5.28. The molecule has 0 spiro atoms. The number of aliphatic hydroxyl groups excluding tert-OH is 1. The molecule has 0 saturated carbocycles. The fourth-order valence-electron chi connectivity index (χ4n) is 1.33. The number of allylic oxidation sites excluding steroid dienone is 1. The third-order valence-corrected chi connectivity index (χ3v) is 2.39. The molecule has 2 nitrogen and oxygen atoms in total. The second-order valence-corrected chi connectivity index (χ2v) is 4.09. The zero-order chi connectivity index (χ0) is 12.0. The molecule has 1 aromatic rings. The van der Waals surface area contributed by atoms with Crippen LogP contribution in [0.25, 0.3) is 0 Å². The van der Waals surface area contributed by atoms with Crippen LogP contribution in [0.5, 0.6) is 5.75 Å². The van der Waals surface area contributed by atoms with E-state index in [1.54, 1.807) is 0 Å². The second-order valence-electron chi connectivity index (χ2n) is 4.09. The maximum atomic E-state index is 9.62. The summed E-state index contributed by atoms with van der Waals surface area (Å²) in [7, 11) is 0. The van der Waals surface area contributed by atoms with Gasteiger partial charge in [0.2, 0.25) is 0 Å². The van der Waals surface area contributed by atoms with Gasteiger partial charge in [-0.3, -0.25) is 0 Å². The van der Waals surface area contributed by atoms with Crippen LogP contribution in [0.4, 0.5) is 0 Å². The van der Waals surface area contributed by atoms with Crippen LogP contribution in [0.2, 0.25) is 0 Å². The summed E-state index contributed by atoms with van der Waals surface area (Å²) in [6.07, 6.45) is 2.40. The molecule has 0 bridgehead atoms. The van der Waals surface area contributed by atoms with E-state index in [0.717, 1.165) is 17.7 Å². The van der Waals surface area contributed by atoms with Gasteiger partial charge in [0.25, 0.3) is 0 Å². The fourth-order valence-corrected chi connectivity index (χ4v) is 1.33. The summed E-state index contributed by atoms with van der Waals surface area (Å²) in [6.45, 7) is 6.65. The van der Waals surface area contributed by atoms with Gasteiger partial charge in [-0.05, 0) is 44.0 Å². The molecule has 0 aliphatic heterocycles. The molecule has 1 N–H and O–H groups in total. The summed E-state index contributed by atoms with van der Waals surface area (Å²) in [5.74, 6) is 0.838. The van der Waals surface area contributed by atoms with Gasteiger partial charge in [-0.15, -0.1) is 0 Å². The molecule has 0 aliphatic rings. The zero-order valence-electron chi connectivity index (χ0n) is 10.2. The molecule has 1 aromatic carbocycles. The zero-order valence-corrected chi connectivity index (χ0v) is 10.2. The Labute approximate surface area is 97.6 Å². The van der Waals surface area contributed by atoms with Crippen LogP contribution in [0, 0.1) is 0 Å². The van der Waals surface area contributed by atoms with Gasteiger partial charge in [-0.2, -0.15) is 0 Å². The fraction of sp³-hybridized carbons (Fsp3) is 0.429. The van der Waals surface area contributed by atoms with Crippen molar-refractivity contribution in [2.24, 2.45) is 0 Å². The van der Waals surface area contributed by atoms with Crippen LogP contribution in [0.1, 0.15) is 38.9 Å². The lowest BCUT2D eigenvalue weighted by Crippen LogP contribution is -1.97. The van der Waals surface area contributed by atoms with Crippen molar-refractivity contribution >= 4 is 0 Å². The number of benzene rings is 1. The molecule has 0 fully saturated rings. The molecule has 1 atom stereocenters. The molecule has 0 amide bonds. The quantitative estimate of drug-likeness (QED) is 0.770. The summed E-state index contributed by atoms with van der Waals surface area (Å²) in [5.41, 5.74) is 2.19. The highest BCUT2D eigenvalue weighted by Gasteiger charge is 2.03. The summed E-state index contributed by atoms with van der Waals surface area (Å²) >= 11 is 0. The van der Waals surface area contributed by atoms with E-state index in [1.165, 1.54) is 5.57 Å². The van der Waals surface area contributed by atoms with E-state index in [9.17, 15) is 5.11 Å². The first-order valence-corrected chi connectivity index (χ1v) is 5.67. The van der Waals surface area contributed by atoms with Crippen molar-refractivity contribution in [3.63, 3.8) is 0 Å². The Morgan fingerprint density at radius 1 is 1.31 bits per heavy atom. The third kappa shape index (κ3) is 4.07. The molecule has 2 heteroatoms. The molecule has 1 unspecified atom stereocenters. The minimum atomic E-state index is -0.369. The van der Waals surface area contributed by atoms with Crippen LogP contribution in [-0.4, -0.2) is 11.7 Å². The molecule has 88 valence electrons. The van der Waals surface area contributed by atoms with Crippen molar-refractivity contribution in [1.29, 1.82) is 0 Å². The maximum absolute atomic E-state index is 9.62. The van der Waals surface area contributed by atoms with Gasteiger partial charge in [-0.25, -0.2) is 0 Å². The number of rotatable bonds is 5. The average Bonchev–Trinajstić information content (AvgIpc) is 2.28. The molecule has 0 aliphatic carbocycles. The van der Waals surface area contributed by atoms with Gasteiger partial charge in [-0.1, -0.05) is 24.6 Å². The van der Waals surface area contributed by atoms with Crippen molar-refractivity contribution in [2.45, 2.75) is 33.3 Å². The summed E-state index contributed by atoms with van der Waals surface area (Å²) < 4.78 is 5.53. The lowest BCUT2D eigenvalue weighted by Gasteiger charge is -2.09. The van der Waals surface area contributed by atoms with Gasteiger partial charge >= 0.3 is 0 Å². The Morgan fingerprint density at radius 2 is 1.94 bits per heavy atom. The second kappa shape index (κ2) is 6.33. The van der Waals surface area contributed by atoms with Gasteiger partial charge < -0.3 is 9.84 Å². The van der Waals surface area contributed by atoms with Gasteiger partial charge in [0.15, 0.2) is 0 Å². The Hall–Kier alpha value is -1.28. The van der Waals surface area contributed by atoms with Crippen LogP contribution in [0.15, 0.2) is 35.9 Å². The van der Waals surface area contributed by atoms with Crippen LogP contribution in [0.3, 0.4) is 0 Å². The highest BCUT2D eigenvalue weighted by Crippen LogP contribution is 2.19. The van der Waals surface area contributed by atoms with Gasteiger partial charge in [0.1, 0.15) is 12.4 Å². The lowest BCUT2D eigenvalue weighted by atomic mass is 10.1. The first-order chi connectivity index (χ1) is 7.63. The van der Waals surface area contributed by atoms with E-state index in [0.29, 0.717) is 6.61 Å². The molecule has 0 heterocycles. The first-order valence-electron chi connectivity index (χ1n) is 5.67. The predicted octanol–water partition coefficient (Wildman–Crippen LogP) is 3.48. The van der Waals surface area contributed by atoms with Gasteiger partial charge in [0.05, 0.1) is 6.10 Å². The van der Waals surface area contributed by atoms with Crippen molar-refractivity contribution in [3.05, 3.63) is 41.5 Å². The Bertz CT molecular complexity index is 334. The summed E-state index contributed by atoms with van der Waals surface area (Å²) in [5, 5.41) is 9.62. The summed E-state index contributed by atoms with van der Waals surface area (Å²) in [6, 6.07) is 7.61. The SMILES string of the molecule is CCC(O)c1ccc(OCC=C(C)C)cc1. The third-order valence-electron chi connectivity index (χ3n) is 2.39. The minimum absolute atomic E-state index is 0.369. The van der Waals surface area contributed by atoms with Crippen molar-refractivity contribution in [1.82, 2.24) is 0 Å². The highest BCUT2D eigenvalue weighted by atomic mass is 16.5. The monoisotopic (exact) mass is 220 g/mol. The number of hydrogen-bond acceptors (Lipinski definition) is 2. The Kier molecular flexibility index (Phi) is 5.06. The minimum Gasteiger partial charge on any atom is -0.490 e. The first kappa shape index (κ1) is 12.8. The van der Waals surface area contributed by atoms with Crippen molar-refractivity contribution < 1.29 is 9.84 Å². The molecule has 0 saturated heterocycles. The van der Waals surface area contributed by atoms with Crippen molar-refractivity contribution in [3.8, 4) is 5.75 Å². The van der Waals surface area contributed by atoms with Gasteiger partial charge in [0, 0.05) is 0 Å². The van der Waals surface area contributed by atoms with E-state index in [2.05, 4.69) is 0 Å². The van der Waals surface area contributed by atoms with E-state index in [1.807, 2.05) is 51.1 Å². The van der Waals surface area contributed by atoms with Crippen molar-refractivity contribution in [2.75, 3.05) is 6.61 Å². The van der Waals surface area contributed by atoms with E-state index < -0.39 is 0 Å². The van der Waals surface area contributed by atoms with Crippen LogP contribution >= 0.6 is 0 Å². The number of ether oxygens (including phenoxy) is 1. The molecule has 1 rings (SSSR count). The Morgan fingerprint density at radius 3 is 2.44 bits per heavy atom. The standard InChI is InChI=1S/C14H20O2/c1-4-14(15)12-5-7-13(8-6-12)16-10-9-11(2)3/h5-9,14-15H,4,10H2,1-3H3. The predicted molar refractivity (Wildman–Crippen MR) is 66.6 cm³/mol. The van der Waals surface area contributed by atoms with E-state index >= 15 is 0 Å². The molecule has 16 heavy (non-hydrogen) atoms. The van der Waals surface area contributed by atoms with Crippen LogP contribution in [-0.2, 0) is 0 Å². The molecular formula is C14H20O2. The molecule has 0 radical (unpaired) electrons.